The Kier molecular flexibility index (Phi) is 2.23. The van der Waals surface area contributed by atoms with Crippen LogP contribution in [0.3, 0.4) is 0 Å². The van der Waals surface area contributed by atoms with E-state index < -0.39 is 0 Å². The highest BCUT2D eigenvalue weighted by atomic mass is 35.5. The third kappa shape index (κ3) is 1.29. The molecule has 0 saturated carbocycles. The number of halogens is 2. The van der Waals surface area contributed by atoms with E-state index in [0.717, 1.165) is 21.7 Å². The molecule has 0 aliphatic carbocycles. The lowest BCUT2D eigenvalue weighted by atomic mass is 10.1. The second-order valence-corrected chi connectivity index (χ2v) is 4.33. The molecule has 2 aromatic carbocycles. The first kappa shape index (κ1) is 9.88. The van der Waals surface area contributed by atoms with Gasteiger partial charge in [-0.15, -0.1) is 0 Å². The fourth-order valence-corrected chi connectivity index (χ4v) is 2.44. The molecular formula is C13H7Cl2N. The molecule has 3 aromatic rings. The molecule has 0 fully saturated rings. The molecule has 0 amide bonds. The minimum atomic E-state index is 0.524. The zero-order valence-electron chi connectivity index (χ0n) is 8.24. The van der Waals surface area contributed by atoms with E-state index in [1.54, 1.807) is 6.20 Å². The van der Waals surface area contributed by atoms with Crippen LogP contribution in [0.15, 0.2) is 42.6 Å². The van der Waals surface area contributed by atoms with Crippen molar-refractivity contribution in [1.82, 2.24) is 4.98 Å². The first-order valence-electron chi connectivity index (χ1n) is 4.89. The lowest BCUT2D eigenvalue weighted by Crippen LogP contribution is -1.84. The third-order valence-corrected chi connectivity index (χ3v) is 3.52. The Labute approximate surface area is 103 Å². The van der Waals surface area contributed by atoms with Gasteiger partial charge in [0, 0.05) is 17.0 Å². The van der Waals surface area contributed by atoms with Gasteiger partial charge in [-0.25, -0.2) is 0 Å². The lowest BCUT2D eigenvalue weighted by Gasteiger charge is -2.07. The summed E-state index contributed by atoms with van der Waals surface area (Å²) in [5, 5.41) is 4.18. The van der Waals surface area contributed by atoms with E-state index in [0.29, 0.717) is 10.0 Å². The van der Waals surface area contributed by atoms with E-state index in [9.17, 15) is 0 Å². The number of benzene rings is 2. The second kappa shape index (κ2) is 3.62. The van der Waals surface area contributed by atoms with Crippen molar-refractivity contribution in [2.45, 2.75) is 0 Å². The molecule has 3 heteroatoms. The van der Waals surface area contributed by atoms with Gasteiger partial charge in [-0.05, 0) is 11.5 Å². The fraction of sp³-hybridized carbons (Fsp3) is 0. The van der Waals surface area contributed by atoms with Crippen molar-refractivity contribution < 1.29 is 0 Å². The monoisotopic (exact) mass is 247 g/mol. The Morgan fingerprint density at radius 1 is 0.750 bits per heavy atom. The molecular weight excluding hydrogens is 241 g/mol. The molecule has 0 atom stereocenters. The van der Waals surface area contributed by atoms with Crippen LogP contribution in [-0.2, 0) is 0 Å². The SMILES string of the molecule is Clc1c(Cl)c2ncccc2c2ccccc12. The summed E-state index contributed by atoms with van der Waals surface area (Å²) in [7, 11) is 0. The normalized spacial score (nSPS) is 11.1. The van der Waals surface area contributed by atoms with E-state index >= 15 is 0 Å². The summed E-state index contributed by atoms with van der Waals surface area (Å²) < 4.78 is 0. The number of rotatable bonds is 0. The zero-order chi connectivity index (χ0) is 11.1. The van der Waals surface area contributed by atoms with Gasteiger partial charge in [0.1, 0.15) is 0 Å². The van der Waals surface area contributed by atoms with Gasteiger partial charge in [-0.2, -0.15) is 0 Å². The van der Waals surface area contributed by atoms with Crippen molar-refractivity contribution in [2.24, 2.45) is 0 Å². The van der Waals surface area contributed by atoms with Crippen LogP contribution >= 0.6 is 23.2 Å². The second-order valence-electron chi connectivity index (χ2n) is 3.57. The molecule has 0 saturated heterocycles. The van der Waals surface area contributed by atoms with Gasteiger partial charge in [-0.3, -0.25) is 4.98 Å². The first-order chi connectivity index (χ1) is 7.79. The smallest absolute Gasteiger partial charge is 0.0909 e. The fourth-order valence-electron chi connectivity index (χ4n) is 1.93. The summed E-state index contributed by atoms with van der Waals surface area (Å²) in [6, 6.07) is 11.8. The summed E-state index contributed by atoms with van der Waals surface area (Å²) in [4.78, 5) is 4.28. The summed E-state index contributed by atoms with van der Waals surface area (Å²) in [6.07, 6.45) is 1.72. The van der Waals surface area contributed by atoms with E-state index in [4.69, 9.17) is 23.2 Å². The Balaban J connectivity index is 2.69. The van der Waals surface area contributed by atoms with Gasteiger partial charge in [0.05, 0.1) is 15.6 Å². The Morgan fingerprint density at radius 2 is 1.44 bits per heavy atom. The zero-order valence-corrected chi connectivity index (χ0v) is 9.76. The maximum Gasteiger partial charge on any atom is 0.0909 e. The van der Waals surface area contributed by atoms with Gasteiger partial charge in [0.25, 0.3) is 0 Å². The molecule has 0 radical (unpaired) electrons. The average molecular weight is 248 g/mol. The number of hydrogen-bond acceptors (Lipinski definition) is 1. The van der Waals surface area contributed by atoms with Crippen molar-refractivity contribution in [1.29, 1.82) is 0 Å². The number of aromatic nitrogens is 1. The molecule has 0 bridgehead atoms. The predicted octanol–water partition coefficient (Wildman–Crippen LogP) is 4.69. The number of nitrogens with zero attached hydrogens (tertiary/aromatic N) is 1. The van der Waals surface area contributed by atoms with Crippen molar-refractivity contribution >= 4 is 44.9 Å². The van der Waals surface area contributed by atoms with Crippen molar-refractivity contribution in [3.05, 3.63) is 52.6 Å². The highest BCUT2D eigenvalue weighted by molar-refractivity contribution is 6.49. The van der Waals surface area contributed by atoms with E-state index in [1.807, 2.05) is 36.4 Å². The van der Waals surface area contributed by atoms with E-state index in [-0.39, 0.29) is 0 Å². The Morgan fingerprint density at radius 3 is 2.25 bits per heavy atom. The molecule has 1 aromatic heterocycles. The Bertz CT molecular complexity index is 631. The van der Waals surface area contributed by atoms with Crippen molar-refractivity contribution in [3.8, 4) is 0 Å². The molecule has 0 spiro atoms. The first-order valence-corrected chi connectivity index (χ1v) is 5.65. The maximum absolute atomic E-state index is 6.23. The highest BCUT2D eigenvalue weighted by Gasteiger charge is 2.10. The quantitative estimate of drug-likeness (QED) is 0.525. The number of pyridine rings is 1. The van der Waals surface area contributed by atoms with E-state index in [2.05, 4.69) is 4.98 Å². The van der Waals surface area contributed by atoms with Crippen LogP contribution in [0.25, 0.3) is 21.7 Å². The predicted molar refractivity (Wildman–Crippen MR) is 69.3 cm³/mol. The molecule has 1 nitrogen and oxygen atoms in total. The summed E-state index contributed by atoms with van der Waals surface area (Å²) in [5.74, 6) is 0. The van der Waals surface area contributed by atoms with Crippen LogP contribution < -0.4 is 0 Å². The molecule has 16 heavy (non-hydrogen) atoms. The molecule has 1 heterocycles. The van der Waals surface area contributed by atoms with Crippen LogP contribution in [-0.4, -0.2) is 4.98 Å². The topological polar surface area (TPSA) is 12.9 Å². The summed E-state index contributed by atoms with van der Waals surface area (Å²) in [6.45, 7) is 0. The Hall–Kier alpha value is -1.31. The third-order valence-electron chi connectivity index (χ3n) is 2.66. The van der Waals surface area contributed by atoms with Gasteiger partial charge >= 0.3 is 0 Å². The minimum Gasteiger partial charge on any atom is -0.255 e. The van der Waals surface area contributed by atoms with Gasteiger partial charge in [-0.1, -0.05) is 53.5 Å². The molecule has 78 valence electrons. The maximum atomic E-state index is 6.23. The van der Waals surface area contributed by atoms with Crippen LogP contribution in [0.5, 0.6) is 0 Å². The molecule has 0 aliphatic heterocycles. The number of fused-ring (bicyclic) bond motifs is 3. The molecule has 3 rings (SSSR count). The molecule has 0 unspecified atom stereocenters. The van der Waals surface area contributed by atoms with Gasteiger partial charge < -0.3 is 0 Å². The molecule has 0 N–H and O–H groups in total. The summed E-state index contributed by atoms with van der Waals surface area (Å²) in [5.41, 5.74) is 0.757. The highest BCUT2D eigenvalue weighted by Crippen LogP contribution is 2.37. The van der Waals surface area contributed by atoms with Gasteiger partial charge in [0.2, 0.25) is 0 Å². The van der Waals surface area contributed by atoms with Gasteiger partial charge in [0.15, 0.2) is 0 Å². The largest absolute Gasteiger partial charge is 0.255 e. The average Bonchev–Trinajstić information content (AvgIpc) is 2.36. The standard InChI is InChI=1S/C13H7Cl2N/c14-11-9-5-2-1-4-8(9)10-6-3-7-16-13(10)12(11)15/h1-7H. The minimum absolute atomic E-state index is 0.524. The van der Waals surface area contributed by atoms with E-state index in [1.165, 1.54) is 0 Å². The van der Waals surface area contributed by atoms with Crippen molar-refractivity contribution in [2.75, 3.05) is 0 Å². The van der Waals surface area contributed by atoms with Crippen LogP contribution in [0.4, 0.5) is 0 Å². The van der Waals surface area contributed by atoms with Crippen LogP contribution in [0, 0.1) is 0 Å². The van der Waals surface area contributed by atoms with Crippen LogP contribution in [0.1, 0.15) is 0 Å². The number of hydrogen-bond donors (Lipinski definition) is 0. The molecule has 0 aliphatic rings. The lowest BCUT2D eigenvalue weighted by molar-refractivity contribution is 1.42. The van der Waals surface area contributed by atoms with Crippen LogP contribution in [0.2, 0.25) is 10.0 Å². The summed E-state index contributed by atoms with van der Waals surface area (Å²) >= 11 is 12.4. The van der Waals surface area contributed by atoms with Crippen molar-refractivity contribution in [3.63, 3.8) is 0 Å².